The minimum atomic E-state index is -0.664. The highest BCUT2D eigenvalue weighted by atomic mass is 16.4. The molecule has 5 N–H and O–H groups in total. The van der Waals surface area contributed by atoms with Crippen molar-refractivity contribution in [3.8, 4) is 5.75 Å². The molecule has 0 aromatic heterocycles. The molecule has 0 spiro atoms. The minimum Gasteiger partial charge on any atom is -0.508 e. The summed E-state index contributed by atoms with van der Waals surface area (Å²) in [4.78, 5) is 10.3. The number of carboxylic acids is 1. The van der Waals surface area contributed by atoms with Crippen molar-refractivity contribution in [1.29, 1.82) is 0 Å². The first-order chi connectivity index (χ1) is 15.0. The SMILES string of the molecule is CCCCCCCC/C=C\CCCCCCCC(=O)O.NCC(O)c1ccc(O)cc1. The van der Waals surface area contributed by atoms with E-state index < -0.39 is 12.1 Å². The number of phenolic OH excluding ortho intramolecular Hbond substituents is 1. The van der Waals surface area contributed by atoms with Gasteiger partial charge in [0, 0.05) is 13.0 Å². The van der Waals surface area contributed by atoms with Gasteiger partial charge in [-0.15, -0.1) is 0 Å². The van der Waals surface area contributed by atoms with Gasteiger partial charge >= 0.3 is 5.97 Å². The molecule has 0 aliphatic rings. The molecular weight excluding hydrogens is 390 g/mol. The Bertz CT molecular complexity index is 557. The second-order valence-corrected chi connectivity index (χ2v) is 8.07. The van der Waals surface area contributed by atoms with E-state index in [9.17, 15) is 9.90 Å². The molecule has 1 aromatic rings. The fraction of sp³-hybridized carbons (Fsp3) is 0.654. The minimum absolute atomic E-state index is 0.193. The number of aliphatic hydroxyl groups excluding tert-OH is 1. The van der Waals surface area contributed by atoms with E-state index in [4.69, 9.17) is 15.9 Å². The maximum atomic E-state index is 10.3. The van der Waals surface area contributed by atoms with Crippen LogP contribution in [-0.2, 0) is 4.79 Å². The summed E-state index contributed by atoms with van der Waals surface area (Å²) in [7, 11) is 0. The Kier molecular flexibility index (Phi) is 20.1. The molecule has 31 heavy (non-hydrogen) atoms. The number of carboxylic acid groups (broad SMARTS) is 1. The lowest BCUT2D eigenvalue weighted by Crippen LogP contribution is -2.10. The molecule has 1 unspecified atom stereocenters. The van der Waals surface area contributed by atoms with Crippen molar-refractivity contribution in [3.05, 3.63) is 42.0 Å². The fourth-order valence-corrected chi connectivity index (χ4v) is 3.18. The number of hydrogen-bond donors (Lipinski definition) is 4. The Balaban J connectivity index is 0.000000683. The number of aromatic hydroxyl groups is 1. The third kappa shape index (κ3) is 19.8. The monoisotopic (exact) mass is 435 g/mol. The highest BCUT2D eigenvalue weighted by Crippen LogP contribution is 2.15. The molecule has 0 saturated heterocycles. The Hall–Kier alpha value is -1.85. The first kappa shape index (κ1) is 29.1. The maximum Gasteiger partial charge on any atom is 0.303 e. The van der Waals surface area contributed by atoms with Crippen LogP contribution in [0, 0.1) is 0 Å². The molecular formula is C26H45NO4. The Labute approximate surface area is 189 Å². The molecule has 0 saturated carbocycles. The lowest BCUT2D eigenvalue weighted by atomic mass is 10.1. The molecule has 0 radical (unpaired) electrons. The van der Waals surface area contributed by atoms with E-state index in [1.807, 2.05) is 0 Å². The third-order valence-electron chi connectivity index (χ3n) is 5.15. The highest BCUT2D eigenvalue weighted by molar-refractivity contribution is 5.66. The van der Waals surface area contributed by atoms with Crippen LogP contribution < -0.4 is 5.73 Å². The summed E-state index contributed by atoms with van der Waals surface area (Å²) in [6.45, 7) is 2.46. The number of unbranched alkanes of at least 4 members (excludes halogenated alkanes) is 11. The number of carbonyl (C=O) groups is 1. The van der Waals surface area contributed by atoms with Gasteiger partial charge in [0.15, 0.2) is 0 Å². The van der Waals surface area contributed by atoms with E-state index in [-0.39, 0.29) is 12.3 Å². The van der Waals surface area contributed by atoms with Gasteiger partial charge in [-0.1, -0.05) is 82.6 Å². The van der Waals surface area contributed by atoms with Crippen molar-refractivity contribution >= 4 is 5.97 Å². The van der Waals surface area contributed by atoms with E-state index in [1.54, 1.807) is 12.1 Å². The summed E-state index contributed by atoms with van der Waals surface area (Å²) >= 11 is 0. The van der Waals surface area contributed by atoms with Crippen LogP contribution in [0.5, 0.6) is 5.75 Å². The third-order valence-corrected chi connectivity index (χ3v) is 5.15. The molecule has 5 nitrogen and oxygen atoms in total. The van der Waals surface area contributed by atoms with Crippen molar-refractivity contribution in [1.82, 2.24) is 0 Å². The molecule has 0 heterocycles. The summed E-state index contributed by atoms with van der Waals surface area (Å²) in [6, 6.07) is 6.34. The van der Waals surface area contributed by atoms with Crippen LogP contribution in [0.15, 0.2) is 36.4 Å². The van der Waals surface area contributed by atoms with Gasteiger partial charge in [-0.05, 0) is 49.8 Å². The standard InChI is InChI=1S/C18H34O2.C8H11NO2/c1-2-3-4-5-6-7-8-9-10-11-12-13-14-15-16-17-18(19)20;9-5-8(11)6-1-3-7(10)4-2-6/h9-10H,2-8,11-17H2,1H3,(H,19,20);1-4,8,10-11H,5,9H2/b10-9-;. The van der Waals surface area contributed by atoms with Crippen molar-refractivity contribution in [2.24, 2.45) is 5.73 Å². The predicted molar refractivity (Wildman–Crippen MR) is 129 cm³/mol. The second-order valence-electron chi connectivity index (χ2n) is 8.07. The zero-order valence-electron chi connectivity index (χ0n) is 19.5. The van der Waals surface area contributed by atoms with Gasteiger partial charge in [0.25, 0.3) is 0 Å². The molecule has 0 fully saturated rings. The van der Waals surface area contributed by atoms with E-state index in [0.29, 0.717) is 6.42 Å². The molecule has 0 bridgehead atoms. The van der Waals surface area contributed by atoms with Gasteiger partial charge in [-0.2, -0.15) is 0 Å². The van der Waals surface area contributed by atoms with E-state index in [0.717, 1.165) is 18.4 Å². The van der Waals surface area contributed by atoms with Crippen molar-refractivity contribution in [2.75, 3.05) is 6.54 Å². The van der Waals surface area contributed by atoms with Crippen LogP contribution in [0.25, 0.3) is 0 Å². The lowest BCUT2D eigenvalue weighted by molar-refractivity contribution is -0.137. The molecule has 0 amide bonds. The summed E-state index contributed by atoms with van der Waals surface area (Å²) in [5.74, 6) is -0.472. The molecule has 5 heteroatoms. The number of rotatable bonds is 17. The van der Waals surface area contributed by atoms with Gasteiger partial charge in [0.1, 0.15) is 5.75 Å². The fourth-order valence-electron chi connectivity index (χ4n) is 3.18. The van der Waals surface area contributed by atoms with E-state index in [1.165, 1.54) is 82.8 Å². The first-order valence-corrected chi connectivity index (χ1v) is 12.0. The average molecular weight is 436 g/mol. The molecule has 1 aromatic carbocycles. The van der Waals surface area contributed by atoms with Crippen LogP contribution in [0.1, 0.15) is 108 Å². The zero-order valence-corrected chi connectivity index (χ0v) is 19.5. The average Bonchev–Trinajstić information content (AvgIpc) is 2.76. The van der Waals surface area contributed by atoms with Gasteiger partial charge in [-0.25, -0.2) is 0 Å². The number of hydrogen-bond acceptors (Lipinski definition) is 4. The topological polar surface area (TPSA) is 104 Å². The Morgan fingerprint density at radius 3 is 1.84 bits per heavy atom. The maximum absolute atomic E-state index is 10.3. The number of allylic oxidation sites excluding steroid dienone is 2. The smallest absolute Gasteiger partial charge is 0.303 e. The first-order valence-electron chi connectivity index (χ1n) is 12.0. The number of aliphatic hydroxyl groups is 1. The summed E-state index contributed by atoms with van der Waals surface area (Å²) in [6.07, 6.45) is 20.6. The van der Waals surface area contributed by atoms with Crippen molar-refractivity contribution < 1.29 is 20.1 Å². The quantitative estimate of drug-likeness (QED) is 0.165. The largest absolute Gasteiger partial charge is 0.508 e. The molecule has 1 rings (SSSR count). The summed E-state index contributed by atoms with van der Waals surface area (Å²) in [5.41, 5.74) is 5.96. The normalized spacial score (nSPS) is 11.8. The van der Waals surface area contributed by atoms with Crippen molar-refractivity contribution in [2.45, 2.75) is 103 Å². The zero-order chi connectivity index (χ0) is 23.2. The lowest BCUT2D eigenvalue weighted by Gasteiger charge is -2.06. The molecule has 1 atom stereocenters. The molecule has 0 aliphatic carbocycles. The van der Waals surface area contributed by atoms with E-state index >= 15 is 0 Å². The van der Waals surface area contributed by atoms with Crippen LogP contribution in [0.3, 0.4) is 0 Å². The van der Waals surface area contributed by atoms with Gasteiger partial charge in [0.05, 0.1) is 6.10 Å². The number of aliphatic carboxylic acids is 1. The van der Waals surface area contributed by atoms with Crippen LogP contribution in [0.4, 0.5) is 0 Å². The Morgan fingerprint density at radius 1 is 0.871 bits per heavy atom. The van der Waals surface area contributed by atoms with E-state index in [2.05, 4.69) is 19.1 Å². The second kappa shape index (κ2) is 21.4. The number of nitrogens with two attached hydrogens (primary N) is 1. The van der Waals surface area contributed by atoms with Crippen molar-refractivity contribution in [3.63, 3.8) is 0 Å². The van der Waals surface area contributed by atoms with Gasteiger partial charge in [0.2, 0.25) is 0 Å². The highest BCUT2D eigenvalue weighted by Gasteiger charge is 2.03. The number of phenols is 1. The van der Waals surface area contributed by atoms with Gasteiger partial charge in [-0.3, -0.25) is 4.79 Å². The molecule has 0 aliphatic heterocycles. The van der Waals surface area contributed by atoms with Gasteiger partial charge < -0.3 is 21.1 Å². The summed E-state index contributed by atoms with van der Waals surface area (Å²) in [5, 5.41) is 26.6. The predicted octanol–water partition coefficient (Wildman–Crippen LogP) is 6.49. The number of benzene rings is 1. The Morgan fingerprint density at radius 2 is 1.35 bits per heavy atom. The summed E-state index contributed by atoms with van der Waals surface area (Å²) < 4.78 is 0. The molecule has 178 valence electrons. The van der Waals surface area contributed by atoms with Crippen LogP contribution >= 0.6 is 0 Å². The van der Waals surface area contributed by atoms with Crippen LogP contribution in [-0.4, -0.2) is 27.8 Å². The van der Waals surface area contributed by atoms with Crippen LogP contribution in [0.2, 0.25) is 0 Å².